The van der Waals surface area contributed by atoms with Gasteiger partial charge in [-0.3, -0.25) is 9.88 Å². The number of hydrogen-bond donors (Lipinski definition) is 0. The van der Waals surface area contributed by atoms with Crippen LogP contribution in [0.15, 0.2) is 42.7 Å². The molecule has 25 heavy (non-hydrogen) atoms. The Morgan fingerprint density at radius 2 is 2.04 bits per heavy atom. The van der Waals surface area contributed by atoms with Gasteiger partial charge in [0.25, 0.3) is 0 Å². The van der Waals surface area contributed by atoms with Crippen LogP contribution < -0.4 is 4.74 Å². The molecular formula is C22H28N2O. The molecule has 0 bridgehead atoms. The van der Waals surface area contributed by atoms with E-state index in [1.54, 1.807) is 0 Å². The SMILES string of the molecule is c1cncc([C@H]2CCCCN2CCCOc2ccc3c(c2)CCC3)c1. The number of pyridine rings is 1. The first-order valence-corrected chi connectivity index (χ1v) is 9.79. The molecule has 2 aliphatic rings. The number of hydrogen-bond acceptors (Lipinski definition) is 3. The van der Waals surface area contributed by atoms with Crippen molar-refractivity contribution in [2.24, 2.45) is 0 Å². The van der Waals surface area contributed by atoms with E-state index in [-0.39, 0.29) is 0 Å². The van der Waals surface area contributed by atoms with E-state index >= 15 is 0 Å². The van der Waals surface area contributed by atoms with Gasteiger partial charge in [-0.15, -0.1) is 0 Å². The molecule has 2 aromatic rings. The fourth-order valence-electron chi connectivity index (χ4n) is 4.30. The minimum absolute atomic E-state index is 0.530. The molecule has 0 amide bonds. The van der Waals surface area contributed by atoms with Crippen molar-refractivity contribution in [1.29, 1.82) is 0 Å². The van der Waals surface area contributed by atoms with Crippen molar-refractivity contribution in [3.8, 4) is 5.75 Å². The molecule has 0 radical (unpaired) electrons. The Bertz CT molecular complexity index is 686. The predicted octanol–water partition coefficient (Wildman–Crippen LogP) is 4.57. The molecule has 4 rings (SSSR count). The molecule has 1 aromatic heterocycles. The highest BCUT2D eigenvalue weighted by Gasteiger charge is 2.23. The summed E-state index contributed by atoms with van der Waals surface area (Å²) in [6.45, 7) is 3.10. The van der Waals surface area contributed by atoms with Crippen LogP contribution in [0.2, 0.25) is 0 Å². The van der Waals surface area contributed by atoms with Crippen molar-refractivity contribution in [3.05, 3.63) is 59.4 Å². The number of ether oxygens (including phenoxy) is 1. The summed E-state index contributed by atoms with van der Waals surface area (Å²) in [5, 5.41) is 0. The van der Waals surface area contributed by atoms with Gasteiger partial charge in [-0.1, -0.05) is 18.6 Å². The largest absolute Gasteiger partial charge is 0.494 e. The molecule has 2 heterocycles. The Labute approximate surface area is 151 Å². The quantitative estimate of drug-likeness (QED) is 0.723. The van der Waals surface area contributed by atoms with Gasteiger partial charge in [-0.25, -0.2) is 0 Å². The van der Waals surface area contributed by atoms with Crippen LogP contribution in [-0.2, 0) is 12.8 Å². The van der Waals surface area contributed by atoms with Crippen molar-refractivity contribution in [2.45, 2.75) is 51.0 Å². The second kappa shape index (κ2) is 8.01. The summed E-state index contributed by atoms with van der Waals surface area (Å²) in [6.07, 6.45) is 12.6. The van der Waals surface area contributed by atoms with Gasteiger partial charge in [0.15, 0.2) is 0 Å². The molecule has 1 aromatic carbocycles. The van der Waals surface area contributed by atoms with Gasteiger partial charge in [-0.2, -0.15) is 0 Å². The van der Waals surface area contributed by atoms with Crippen LogP contribution in [0.3, 0.4) is 0 Å². The molecule has 0 saturated carbocycles. The highest BCUT2D eigenvalue weighted by atomic mass is 16.5. The number of fused-ring (bicyclic) bond motifs is 1. The molecule has 1 aliphatic heterocycles. The number of likely N-dealkylation sites (tertiary alicyclic amines) is 1. The fraction of sp³-hybridized carbons (Fsp3) is 0.500. The molecule has 0 unspecified atom stereocenters. The number of benzene rings is 1. The zero-order valence-electron chi connectivity index (χ0n) is 15.0. The first-order chi connectivity index (χ1) is 12.4. The van der Waals surface area contributed by atoms with Crippen molar-refractivity contribution in [1.82, 2.24) is 9.88 Å². The Morgan fingerprint density at radius 1 is 1.08 bits per heavy atom. The summed E-state index contributed by atoms with van der Waals surface area (Å²) in [4.78, 5) is 6.93. The van der Waals surface area contributed by atoms with Gasteiger partial charge >= 0.3 is 0 Å². The first-order valence-electron chi connectivity index (χ1n) is 9.79. The maximum Gasteiger partial charge on any atom is 0.119 e. The van der Waals surface area contributed by atoms with Gasteiger partial charge in [0.05, 0.1) is 6.61 Å². The smallest absolute Gasteiger partial charge is 0.119 e. The molecule has 0 spiro atoms. The van der Waals surface area contributed by atoms with Crippen LogP contribution in [-0.4, -0.2) is 29.6 Å². The molecule has 132 valence electrons. The fourth-order valence-corrected chi connectivity index (χ4v) is 4.30. The molecule has 1 aliphatic carbocycles. The van der Waals surface area contributed by atoms with E-state index in [2.05, 4.69) is 40.2 Å². The van der Waals surface area contributed by atoms with E-state index in [0.29, 0.717) is 6.04 Å². The summed E-state index contributed by atoms with van der Waals surface area (Å²) in [5.41, 5.74) is 4.37. The average Bonchev–Trinajstić information content (AvgIpc) is 3.14. The topological polar surface area (TPSA) is 25.4 Å². The Balaban J connectivity index is 1.28. The lowest BCUT2D eigenvalue weighted by Crippen LogP contribution is -2.34. The van der Waals surface area contributed by atoms with E-state index in [1.807, 2.05) is 12.4 Å². The van der Waals surface area contributed by atoms with Crippen LogP contribution in [0.25, 0.3) is 0 Å². The monoisotopic (exact) mass is 336 g/mol. The highest BCUT2D eigenvalue weighted by molar-refractivity contribution is 5.38. The van der Waals surface area contributed by atoms with Gasteiger partial charge in [-0.05, 0) is 80.0 Å². The van der Waals surface area contributed by atoms with Crippen molar-refractivity contribution in [2.75, 3.05) is 19.7 Å². The van der Waals surface area contributed by atoms with E-state index in [9.17, 15) is 0 Å². The lowest BCUT2D eigenvalue weighted by Gasteiger charge is -2.35. The van der Waals surface area contributed by atoms with Gasteiger partial charge in [0.2, 0.25) is 0 Å². The Hall–Kier alpha value is -1.87. The van der Waals surface area contributed by atoms with Crippen LogP contribution in [0.5, 0.6) is 5.75 Å². The third-order valence-electron chi connectivity index (χ3n) is 5.61. The van der Waals surface area contributed by atoms with Crippen molar-refractivity contribution >= 4 is 0 Å². The summed E-state index contributed by atoms with van der Waals surface area (Å²) >= 11 is 0. The maximum atomic E-state index is 6.02. The van der Waals surface area contributed by atoms with E-state index in [0.717, 1.165) is 25.3 Å². The first kappa shape index (κ1) is 16.6. The van der Waals surface area contributed by atoms with Crippen LogP contribution >= 0.6 is 0 Å². The minimum atomic E-state index is 0.530. The highest BCUT2D eigenvalue weighted by Crippen LogP contribution is 2.30. The lowest BCUT2D eigenvalue weighted by atomic mass is 9.96. The van der Waals surface area contributed by atoms with Crippen molar-refractivity contribution in [3.63, 3.8) is 0 Å². The molecule has 0 N–H and O–H groups in total. The van der Waals surface area contributed by atoms with Gasteiger partial charge in [0, 0.05) is 25.0 Å². The Morgan fingerprint density at radius 3 is 2.96 bits per heavy atom. The summed E-state index contributed by atoms with van der Waals surface area (Å²) in [6, 6.07) is 11.4. The number of rotatable bonds is 6. The summed E-state index contributed by atoms with van der Waals surface area (Å²) < 4.78 is 6.02. The molecule has 1 saturated heterocycles. The van der Waals surface area contributed by atoms with Crippen LogP contribution in [0.1, 0.15) is 54.8 Å². The van der Waals surface area contributed by atoms with E-state index in [1.165, 1.54) is 61.8 Å². The molecule has 1 atom stereocenters. The normalized spacial score (nSPS) is 20.4. The third kappa shape index (κ3) is 4.04. The molecule has 3 nitrogen and oxygen atoms in total. The number of piperidine rings is 1. The number of aromatic nitrogens is 1. The number of aryl methyl sites for hydroxylation is 2. The maximum absolute atomic E-state index is 6.02. The standard InChI is InChI=1S/C22H28N2O/c1-2-13-24(22(9-1)20-8-4-12-23-17-20)14-5-15-25-21-11-10-18-6-3-7-19(18)16-21/h4,8,10-12,16-17,22H,1-3,5-7,9,13-15H2/t22-/m1/s1. The van der Waals surface area contributed by atoms with Crippen LogP contribution in [0.4, 0.5) is 0 Å². The molecular weight excluding hydrogens is 308 g/mol. The zero-order chi connectivity index (χ0) is 16.9. The second-order valence-corrected chi connectivity index (χ2v) is 7.32. The summed E-state index contributed by atoms with van der Waals surface area (Å²) in [5.74, 6) is 1.04. The average molecular weight is 336 g/mol. The predicted molar refractivity (Wildman–Crippen MR) is 101 cm³/mol. The molecule has 1 fully saturated rings. The second-order valence-electron chi connectivity index (χ2n) is 7.32. The zero-order valence-corrected chi connectivity index (χ0v) is 15.0. The number of nitrogens with zero attached hydrogens (tertiary/aromatic N) is 2. The third-order valence-corrected chi connectivity index (χ3v) is 5.61. The van der Waals surface area contributed by atoms with Gasteiger partial charge < -0.3 is 4.74 Å². The van der Waals surface area contributed by atoms with E-state index in [4.69, 9.17) is 4.74 Å². The van der Waals surface area contributed by atoms with Gasteiger partial charge in [0.1, 0.15) is 5.75 Å². The van der Waals surface area contributed by atoms with Crippen molar-refractivity contribution < 1.29 is 4.74 Å². The van der Waals surface area contributed by atoms with E-state index < -0.39 is 0 Å². The Kier molecular flexibility index (Phi) is 5.31. The lowest BCUT2D eigenvalue weighted by molar-refractivity contribution is 0.137. The summed E-state index contributed by atoms with van der Waals surface area (Å²) in [7, 11) is 0. The van der Waals surface area contributed by atoms with Crippen LogP contribution in [0, 0.1) is 0 Å². The molecule has 3 heteroatoms. The minimum Gasteiger partial charge on any atom is -0.494 e.